The lowest BCUT2D eigenvalue weighted by molar-refractivity contribution is -0.121. The Morgan fingerprint density at radius 3 is 2.51 bits per heavy atom. The minimum atomic E-state index is -0.109. The summed E-state index contributed by atoms with van der Waals surface area (Å²) in [5.41, 5.74) is 3.73. The molecule has 0 N–H and O–H groups in total. The van der Waals surface area contributed by atoms with Crippen molar-refractivity contribution in [1.29, 1.82) is 0 Å². The average molecular weight is 629 g/mol. The van der Waals surface area contributed by atoms with E-state index in [9.17, 15) is 4.79 Å². The second-order valence-corrected chi connectivity index (χ2v) is 11.2. The lowest BCUT2D eigenvalue weighted by Gasteiger charge is -2.28. The number of halogens is 2. The molecule has 0 atom stereocenters. The van der Waals surface area contributed by atoms with E-state index in [2.05, 4.69) is 33.0 Å². The molecule has 39 heavy (non-hydrogen) atoms. The number of amides is 1. The van der Waals surface area contributed by atoms with Crippen molar-refractivity contribution in [3.8, 4) is 11.5 Å². The summed E-state index contributed by atoms with van der Waals surface area (Å²) < 4.78 is 17.8. The monoisotopic (exact) mass is 627 g/mol. The molecule has 0 aliphatic carbocycles. The van der Waals surface area contributed by atoms with Gasteiger partial charge in [0.15, 0.2) is 16.7 Å². The van der Waals surface area contributed by atoms with Crippen molar-refractivity contribution in [1.82, 2.24) is 4.90 Å². The summed E-state index contributed by atoms with van der Waals surface area (Å²) in [5.74, 6) is 1.03. The number of hydrogen-bond acceptors (Lipinski definition) is 7. The maximum absolute atomic E-state index is 13.0. The fraction of sp³-hybridized carbons (Fsp3) is 0.241. The third-order valence-corrected chi connectivity index (χ3v) is 8.20. The predicted octanol–water partition coefficient (Wildman–Crippen LogP) is 6.76. The molecule has 0 bridgehead atoms. The van der Waals surface area contributed by atoms with Crippen molar-refractivity contribution in [3.63, 3.8) is 0 Å². The van der Waals surface area contributed by atoms with Crippen LogP contribution in [0.2, 0.25) is 5.02 Å². The summed E-state index contributed by atoms with van der Waals surface area (Å²) in [6.07, 6.45) is 1.84. The molecule has 0 spiro atoms. The van der Waals surface area contributed by atoms with Gasteiger partial charge < -0.3 is 19.1 Å². The Morgan fingerprint density at radius 2 is 1.82 bits per heavy atom. The first kappa shape index (κ1) is 27.6. The standard InChI is InChI=1S/C29H27BrClN3O4S/c1-33-28(35)26(39-29(33)32-22-7-9-23(10-8-22)34-11-13-37-14-12-34)17-20-15-24(30)27(25(16-20)36-2)38-18-19-3-5-21(31)6-4-19/h3-10,15-17H,11-14,18H2,1-2H3/b26-17-,32-29?. The van der Waals surface area contributed by atoms with Crippen molar-refractivity contribution < 1.29 is 19.0 Å². The number of morpholine rings is 1. The second kappa shape index (κ2) is 12.5. The molecule has 202 valence electrons. The lowest BCUT2D eigenvalue weighted by atomic mass is 10.1. The lowest BCUT2D eigenvalue weighted by Crippen LogP contribution is -2.36. The highest BCUT2D eigenvalue weighted by Crippen LogP contribution is 2.40. The third kappa shape index (κ3) is 6.61. The largest absolute Gasteiger partial charge is 0.493 e. The minimum Gasteiger partial charge on any atom is -0.493 e. The number of nitrogens with zero attached hydrogens (tertiary/aromatic N) is 3. The zero-order valence-corrected chi connectivity index (χ0v) is 24.7. The molecule has 10 heteroatoms. The van der Waals surface area contributed by atoms with Crippen LogP contribution in [0.3, 0.4) is 0 Å². The van der Waals surface area contributed by atoms with E-state index in [1.807, 2.05) is 54.6 Å². The van der Waals surface area contributed by atoms with Crippen molar-refractivity contribution >= 4 is 67.8 Å². The van der Waals surface area contributed by atoms with Crippen LogP contribution in [0, 0.1) is 0 Å². The van der Waals surface area contributed by atoms with E-state index in [1.165, 1.54) is 11.8 Å². The molecule has 2 aliphatic rings. The van der Waals surface area contributed by atoms with Gasteiger partial charge in [-0.3, -0.25) is 9.69 Å². The number of benzene rings is 3. The number of carbonyl (C=O) groups is 1. The number of ether oxygens (including phenoxy) is 3. The molecule has 5 rings (SSSR count). The van der Waals surface area contributed by atoms with Crippen LogP contribution in [0.5, 0.6) is 11.5 Å². The molecule has 0 saturated carbocycles. The summed E-state index contributed by atoms with van der Waals surface area (Å²) in [7, 11) is 3.33. The number of hydrogen-bond donors (Lipinski definition) is 0. The average Bonchev–Trinajstić information content (AvgIpc) is 3.21. The van der Waals surface area contributed by atoms with Crippen molar-refractivity contribution in [3.05, 3.63) is 86.2 Å². The fourth-order valence-corrected chi connectivity index (χ4v) is 5.86. The fourth-order valence-electron chi connectivity index (χ4n) is 4.17. The number of likely N-dealkylation sites (N-methyl/N-ethyl adjacent to an activating group) is 1. The molecule has 7 nitrogen and oxygen atoms in total. The maximum atomic E-state index is 13.0. The number of carbonyl (C=O) groups excluding carboxylic acids is 1. The van der Waals surface area contributed by atoms with Gasteiger partial charge in [0.25, 0.3) is 5.91 Å². The van der Waals surface area contributed by atoms with Gasteiger partial charge >= 0.3 is 0 Å². The molecular weight excluding hydrogens is 602 g/mol. The number of amidine groups is 1. The summed E-state index contributed by atoms with van der Waals surface area (Å²) >= 11 is 10.9. The van der Waals surface area contributed by atoms with Gasteiger partial charge in [0.1, 0.15) is 6.61 Å². The normalized spacial score (nSPS) is 17.8. The molecule has 0 radical (unpaired) electrons. The topological polar surface area (TPSA) is 63.6 Å². The number of rotatable bonds is 7. The number of anilines is 1. The van der Waals surface area contributed by atoms with E-state index in [0.717, 1.165) is 53.3 Å². The van der Waals surface area contributed by atoms with Crippen LogP contribution in [0.4, 0.5) is 11.4 Å². The third-order valence-electron chi connectivity index (χ3n) is 6.30. The second-order valence-electron chi connectivity index (χ2n) is 8.93. The minimum absolute atomic E-state index is 0.109. The Morgan fingerprint density at radius 1 is 1.10 bits per heavy atom. The van der Waals surface area contributed by atoms with E-state index in [-0.39, 0.29) is 5.91 Å². The van der Waals surface area contributed by atoms with Crippen LogP contribution < -0.4 is 14.4 Å². The first-order chi connectivity index (χ1) is 18.9. The van der Waals surface area contributed by atoms with Crippen molar-refractivity contribution in [2.45, 2.75) is 6.61 Å². The highest BCUT2D eigenvalue weighted by Gasteiger charge is 2.30. The number of methoxy groups -OCH3 is 1. The van der Waals surface area contributed by atoms with Crippen LogP contribution in [0.25, 0.3) is 6.08 Å². The molecule has 0 aromatic heterocycles. The zero-order chi connectivity index (χ0) is 27.4. The molecule has 2 heterocycles. The first-order valence-corrected chi connectivity index (χ1v) is 14.3. The quantitative estimate of drug-likeness (QED) is 0.270. The van der Waals surface area contributed by atoms with Crippen molar-refractivity contribution in [2.24, 2.45) is 4.99 Å². The van der Waals surface area contributed by atoms with E-state index >= 15 is 0 Å². The van der Waals surface area contributed by atoms with E-state index < -0.39 is 0 Å². The maximum Gasteiger partial charge on any atom is 0.266 e. The zero-order valence-electron chi connectivity index (χ0n) is 21.5. The van der Waals surface area contributed by atoms with Crippen LogP contribution in [-0.2, 0) is 16.1 Å². The van der Waals surface area contributed by atoms with Gasteiger partial charge in [-0.2, -0.15) is 0 Å². The van der Waals surface area contributed by atoms with Gasteiger partial charge in [0.2, 0.25) is 0 Å². The van der Waals surface area contributed by atoms with E-state index in [4.69, 9.17) is 30.8 Å². The van der Waals surface area contributed by atoms with E-state index in [1.54, 1.807) is 19.1 Å². The molecule has 0 unspecified atom stereocenters. The summed E-state index contributed by atoms with van der Waals surface area (Å²) in [4.78, 5) is 22.2. The molecule has 2 saturated heterocycles. The van der Waals surface area contributed by atoms with Crippen molar-refractivity contribution in [2.75, 3.05) is 45.4 Å². The molecule has 3 aromatic carbocycles. The molecular formula is C29H27BrClN3O4S. The van der Waals surface area contributed by atoms with Gasteiger partial charge in [0.05, 0.1) is 35.4 Å². The first-order valence-electron chi connectivity index (χ1n) is 12.3. The highest BCUT2D eigenvalue weighted by molar-refractivity contribution is 9.10. The van der Waals surface area contributed by atoms with Crippen LogP contribution in [-0.4, -0.2) is 56.4 Å². The Kier molecular flexibility index (Phi) is 8.82. The van der Waals surface area contributed by atoms with Gasteiger partial charge in [-0.15, -0.1) is 0 Å². The Hall–Kier alpha value is -2.98. The number of thioether (sulfide) groups is 1. The van der Waals surface area contributed by atoms with Gasteiger partial charge in [-0.05, 0) is 93.4 Å². The van der Waals surface area contributed by atoms with Crippen LogP contribution in [0.1, 0.15) is 11.1 Å². The Bertz CT molecular complexity index is 1410. The van der Waals surface area contributed by atoms with E-state index in [0.29, 0.717) is 33.2 Å². The van der Waals surface area contributed by atoms with Gasteiger partial charge in [0, 0.05) is 30.8 Å². The van der Waals surface area contributed by atoms with Crippen LogP contribution in [0.15, 0.2) is 75.0 Å². The van der Waals surface area contributed by atoms with Gasteiger partial charge in [-0.1, -0.05) is 23.7 Å². The number of aliphatic imine (C=N–C) groups is 1. The molecule has 2 fully saturated rings. The van der Waals surface area contributed by atoms with Crippen LogP contribution >= 0.6 is 39.3 Å². The van der Waals surface area contributed by atoms with Gasteiger partial charge in [-0.25, -0.2) is 4.99 Å². The summed E-state index contributed by atoms with van der Waals surface area (Å²) in [5, 5.41) is 1.30. The summed E-state index contributed by atoms with van der Waals surface area (Å²) in [6.45, 7) is 3.60. The molecule has 3 aromatic rings. The smallest absolute Gasteiger partial charge is 0.266 e. The summed E-state index contributed by atoms with van der Waals surface area (Å²) in [6, 6.07) is 19.3. The Labute approximate surface area is 245 Å². The Balaban J connectivity index is 1.31. The molecule has 2 aliphatic heterocycles. The predicted molar refractivity (Wildman–Crippen MR) is 161 cm³/mol. The highest BCUT2D eigenvalue weighted by atomic mass is 79.9. The molecule has 1 amide bonds. The SMILES string of the molecule is COc1cc(/C=C2\SC(=Nc3ccc(N4CCOCC4)cc3)N(C)C2=O)cc(Br)c1OCc1ccc(Cl)cc1.